The van der Waals surface area contributed by atoms with Crippen molar-refractivity contribution in [1.29, 1.82) is 0 Å². The van der Waals surface area contributed by atoms with Crippen molar-refractivity contribution in [3.8, 4) is 0 Å². The Morgan fingerprint density at radius 1 is 1.11 bits per heavy atom. The molecule has 0 bridgehead atoms. The molecule has 8 atom stereocenters. The molecule has 5 unspecified atom stereocenters. The van der Waals surface area contributed by atoms with Gasteiger partial charge in [0.25, 0.3) is 0 Å². The third-order valence-corrected chi connectivity index (χ3v) is 11.8. The van der Waals surface area contributed by atoms with E-state index in [1.807, 2.05) is 11.9 Å². The molecular formula is C33H58N2O3. The zero-order chi connectivity index (χ0) is 27.5. The van der Waals surface area contributed by atoms with Crippen LogP contribution in [0.15, 0.2) is 11.6 Å². The van der Waals surface area contributed by atoms with Gasteiger partial charge in [-0.1, -0.05) is 65.5 Å². The lowest BCUT2D eigenvalue weighted by Gasteiger charge is -2.58. The van der Waals surface area contributed by atoms with E-state index < -0.39 is 0 Å². The number of alkyl carbamates (subject to hydrolysis) is 1. The highest BCUT2D eigenvalue weighted by Gasteiger charge is 2.59. The van der Waals surface area contributed by atoms with Crippen molar-refractivity contribution in [3.05, 3.63) is 11.6 Å². The van der Waals surface area contributed by atoms with Crippen molar-refractivity contribution < 1.29 is 14.6 Å². The van der Waals surface area contributed by atoms with E-state index in [2.05, 4.69) is 46.0 Å². The maximum absolute atomic E-state index is 12.4. The van der Waals surface area contributed by atoms with Gasteiger partial charge in [0.05, 0.1) is 6.61 Å². The Kier molecular flexibility index (Phi) is 9.93. The Bertz CT molecular complexity index is 827. The molecule has 3 fully saturated rings. The average Bonchev–Trinajstić information content (AvgIpc) is 3.21. The van der Waals surface area contributed by atoms with Gasteiger partial charge in [-0.05, 0) is 98.3 Å². The van der Waals surface area contributed by atoms with Crippen LogP contribution in [0.1, 0.15) is 105 Å². The molecule has 0 saturated heterocycles. The van der Waals surface area contributed by atoms with Gasteiger partial charge in [0.2, 0.25) is 0 Å². The fraction of sp³-hybridized carbons (Fsp3) is 0.909. The Balaban J connectivity index is 1.33. The van der Waals surface area contributed by atoms with E-state index in [9.17, 15) is 4.79 Å². The summed E-state index contributed by atoms with van der Waals surface area (Å²) in [5.74, 6) is 5.12. The van der Waals surface area contributed by atoms with Gasteiger partial charge in [0, 0.05) is 26.1 Å². The number of allylic oxidation sites excluding steroid dienone is 1. The molecule has 0 radical (unpaired) electrons. The van der Waals surface area contributed by atoms with Gasteiger partial charge in [0.15, 0.2) is 0 Å². The smallest absolute Gasteiger partial charge is 0.407 e. The van der Waals surface area contributed by atoms with Gasteiger partial charge in [0.1, 0.15) is 6.10 Å². The Morgan fingerprint density at radius 3 is 2.63 bits per heavy atom. The number of amides is 1. The first-order valence-electron chi connectivity index (χ1n) is 16.0. The summed E-state index contributed by atoms with van der Waals surface area (Å²) in [6.45, 7) is 14.5. The number of aliphatic hydroxyl groups excluding tert-OH is 1. The van der Waals surface area contributed by atoms with Crippen LogP contribution in [0.2, 0.25) is 0 Å². The molecule has 0 aromatic carbocycles. The van der Waals surface area contributed by atoms with Gasteiger partial charge in [-0.3, -0.25) is 0 Å². The number of ether oxygens (including phenoxy) is 1. The van der Waals surface area contributed by atoms with Crippen LogP contribution in [0.3, 0.4) is 0 Å². The maximum atomic E-state index is 12.4. The summed E-state index contributed by atoms with van der Waals surface area (Å²) in [5.41, 5.74) is 2.39. The first-order chi connectivity index (χ1) is 18.1. The van der Waals surface area contributed by atoms with Crippen LogP contribution >= 0.6 is 0 Å². The zero-order valence-electron chi connectivity index (χ0n) is 25.4. The Hall–Kier alpha value is -1.07. The average molecular weight is 531 g/mol. The Morgan fingerprint density at radius 2 is 1.89 bits per heavy atom. The molecule has 38 heavy (non-hydrogen) atoms. The monoisotopic (exact) mass is 530 g/mol. The van der Waals surface area contributed by atoms with Crippen molar-refractivity contribution >= 4 is 6.09 Å². The zero-order valence-corrected chi connectivity index (χ0v) is 25.4. The molecule has 3 saturated carbocycles. The molecule has 218 valence electrons. The summed E-state index contributed by atoms with van der Waals surface area (Å²) < 4.78 is 5.88. The van der Waals surface area contributed by atoms with Crippen LogP contribution < -0.4 is 5.32 Å². The van der Waals surface area contributed by atoms with Gasteiger partial charge in [-0.2, -0.15) is 0 Å². The topological polar surface area (TPSA) is 61.8 Å². The van der Waals surface area contributed by atoms with Crippen LogP contribution in [0, 0.1) is 46.3 Å². The number of fused-ring (bicyclic) bond motifs is 5. The van der Waals surface area contributed by atoms with Crippen molar-refractivity contribution in [3.63, 3.8) is 0 Å². The summed E-state index contributed by atoms with van der Waals surface area (Å²) in [7, 11) is 1.95. The highest BCUT2D eigenvalue weighted by Crippen LogP contribution is 2.67. The lowest BCUT2D eigenvalue weighted by atomic mass is 9.47. The fourth-order valence-electron chi connectivity index (χ4n) is 9.58. The summed E-state index contributed by atoms with van der Waals surface area (Å²) in [6.07, 6.45) is 16.4. The molecule has 0 aromatic heterocycles. The highest BCUT2D eigenvalue weighted by molar-refractivity contribution is 5.67. The van der Waals surface area contributed by atoms with E-state index in [-0.39, 0.29) is 24.2 Å². The minimum absolute atomic E-state index is 0.00236. The van der Waals surface area contributed by atoms with Crippen molar-refractivity contribution in [2.75, 3.05) is 33.3 Å². The van der Waals surface area contributed by atoms with Crippen LogP contribution in [0.5, 0.6) is 0 Å². The lowest BCUT2D eigenvalue weighted by Crippen LogP contribution is -2.51. The minimum Gasteiger partial charge on any atom is -0.446 e. The Labute approximate surface area is 233 Å². The molecule has 1 amide bonds. The molecule has 0 heterocycles. The summed E-state index contributed by atoms with van der Waals surface area (Å²) >= 11 is 0. The highest BCUT2D eigenvalue weighted by atomic mass is 16.6. The SMILES string of the molecule is CC(C)CCC[C@@H](C)[C@H]1CC[C@H]2C3CC=C4CC(OC(=O)NCCN(C)CCO)CCC4(C)C3CCC12C. The molecule has 2 N–H and O–H groups in total. The van der Waals surface area contributed by atoms with Crippen LogP contribution in [-0.4, -0.2) is 55.5 Å². The summed E-state index contributed by atoms with van der Waals surface area (Å²) in [6, 6.07) is 0. The number of hydrogen-bond donors (Lipinski definition) is 2. The van der Waals surface area contributed by atoms with E-state index in [1.54, 1.807) is 5.57 Å². The molecule has 5 heteroatoms. The predicted octanol–water partition coefficient (Wildman–Crippen LogP) is 7.05. The molecule has 0 aliphatic heterocycles. The van der Waals surface area contributed by atoms with E-state index in [1.165, 1.54) is 51.4 Å². The lowest BCUT2D eigenvalue weighted by molar-refractivity contribution is -0.0581. The first kappa shape index (κ1) is 29.9. The van der Waals surface area contributed by atoms with E-state index >= 15 is 0 Å². The van der Waals surface area contributed by atoms with Crippen LogP contribution in [-0.2, 0) is 4.74 Å². The fourth-order valence-corrected chi connectivity index (χ4v) is 9.58. The quantitative estimate of drug-likeness (QED) is 0.281. The standard InChI is InChI=1S/C33H58N2O3/c1-23(2)8-7-9-24(3)28-12-13-29-27-11-10-25-22-26(38-31(37)34-18-19-35(6)20-21-36)14-16-32(25,4)30(27)15-17-33(28,29)5/h10,23-24,26-30,36H,7-9,11-22H2,1-6H3,(H,34,37)/t24-,26?,27?,28-,29+,30?,32?,33?/m1/s1. The number of hydrogen-bond acceptors (Lipinski definition) is 4. The summed E-state index contributed by atoms with van der Waals surface area (Å²) in [4.78, 5) is 14.4. The van der Waals surface area contributed by atoms with Crippen molar-refractivity contribution in [2.45, 2.75) is 111 Å². The van der Waals surface area contributed by atoms with Crippen LogP contribution in [0.25, 0.3) is 0 Å². The summed E-state index contributed by atoms with van der Waals surface area (Å²) in [5, 5.41) is 11.9. The minimum atomic E-state index is -0.293. The third-order valence-electron chi connectivity index (χ3n) is 11.8. The van der Waals surface area contributed by atoms with Gasteiger partial charge in [-0.25, -0.2) is 4.79 Å². The second-order valence-corrected chi connectivity index (χ2v) is 14.5. The van der Waals surface area contributed by atoms with Crippen molar-refractivity contribution in [2.24, 2.45) is 46.3 Å². The van der Waals surface area contributed by atoms with Gasteiger partial charge in [-0.15, -0.1) is 0 Å². The molecular weight excluding hydrogens is 472 g/mol. The van der Waals surface area contributed by atoms with Crippen LogP contribution in [0.4, 0.5) is 4.79 Å². The van der Waals surface area contributed by atoms with E-state index in [0.29, 0.717) is 25.0 Å². The van der Waals surface area contributed by atoms with Crippen molar-refractivity contribution in [1.82, 2.24) is 10.2 Å². The molecule has 4 aliphatic rings. The van der Waals surface area contributed by atoms with E-state index in [4.69, 9.17) is 9.84 Å². The number of aliphatic hydroxyl groups is 1. The number of nitrogens with one attached hydrogen (secondary N) is 1. The van der Waals surface area contributed by atoms with E-state index in [0.717, 1.165) is 54.8 Å². The number of nitrogens with zero attached hydrogens (tertiary/aromatic N) is 1. The molecule has 4 rings (SSSR count). The number of likely N-dealkylation sites (N-methyl/N-ethyl adjacent to an activating group) is 1. The van der Waals surface area contributed by atoms with Gasteiger partial charge >= 0.3 is 6.09 Å². The molecule has 4 aliphatic carbocycles. The normalized spacial score (nSPS) is 37.3. The van der Waals surface area contributed by atoms with Gasteiger partial charge < -0.3 is 20.1 Å². The maximum Gasteiger partial charge on any atom is 0.407 e. The first-order valence-corrected chi connectivity index (χ1v) is 16.0. The predicted molar refractivity (Wildman–Crippen MR) is 156 cm³/mol. The number of carbonyl (C=O) groups excluding carboxylic acids is 1. The number of carbonyl (C=O) groups is 1. The molecule has 5 nitrogen and oxygen atoms in total. The third kappa shape index (κ3) is 6.29. The molecule has 0 aromatic rings. The number of rotatable bonds is 11. The largest absolute Gasteiger partial charge is 0.446 e. The second kappa shape index (κ2) is 12.6. The second-order valence-electron chi connectivity index (χ2n) is 14.5. The molecule has 0 spiro atoms.